The van der Waals surface area contributed by atoms with Gasteiger partial charge in [-0.25, -0.2) is 9.68 Å². The maximum atomic E-state index is 12.3. The molecule has 3 aliphatic rings. The van der Waals surface area contributed by atoms with Crippen molar-refractivity contribution >= 4 is 11.8 Å². The number of rotatable bonds is 1. The summed E-state index contributed by atoms with van der Waals surface area (Å²) in [5.74, 6) is -0.940. The number of hydrogen-bond donors (Lipinski definition) is 1. The van der Waals surface area contributed by atoms with Crippen LogP contribution in [0.2, 0.25) is 0 Å². The molecule has 0 aromatic rings. The smallest absolute Gasteiger partial charge is 0.334 e. The maximum Gasteiger partial charge on any atom is 0.334 e. The van der Waals surface area contributed by atoms with Gasteiger partial charge in [0.1, 0.15) is 11.7 Å². The molecule has 0 aromatic carbocycles. The van der Waals surface area contributed by atoms with Crippen molar-refractivity contribution in [2.75, 3.05) is 0 Å². The summed E-state index contributed by atoms with van der Waals surface area (Å²) in [6.45, 7) is 7.35. The van der Waals surface area contributed by atoms with E-state index in [4.69, 9.17) is 4.74 Å². The minimum absolute atomic E-state index is 0.0102. The van der Waals surface area contributed by atoms with Gasteiger partial charge in [0.05, 0.1) is 0 Å². The van der Waals surface area contributed by atoms with Crippen LogP contribution in [0.15, 0.2) is 24.3 Å². The molecule has 0 unspecified atom stereocenters. The van der Waals surface area contributed by atoms with Gasteiger partial charge in [-0.05, 0) is 31.9 Å². The second-order valence-corrected chi connectivity index (χ2v) is 6.41. The van der Waals surface area contributed by atoms with Gasteiger partial charge < -0.3 is 4.74 Å². The Balaban J connectivity index is 2.11. The van der Waals surface area contributed by atoms with Crippen molar-refractivity contribution in [3.8, 4) is 0 Å². The van der Waals surface area contributed by atoms with Crippen LogP contribution in [0.5, 0.6) is 0 Å². The Bertz CT molecular complexity index is 536. The topological polar surface area (TPSA) is 72.8 Å². The van der Waals surface area contributed by atoms with E-state index >= 15 is 0 Å². The van der Waals surface area contributed by atoms with E-state index in [-0.39, 0.29) is 11.7 Å². The zero-order valence-electron chi connectivity index (χ0n) is 11.6. The Morgan fingerprint density at radius 1 is 1.45 bits per heavy atom. The lowest BCUT2D eigenvalue weighted by molar-refractivity contribution is -0.334. The normalized spacial score (nSPS) is 47.0. The molecule has 0 spiro atoms. The standard InChI is InChI=1S/C15H18O5/c1-8-9-4-6-14(2)10(16)5-7-15(3,20-18)12(14)11(9)19-13(8)17/h5,7,9,11-12,18H,1,4,6H2,2-3H3/t9-,11-,12+,14-,15+/m0/s1. The number of carbonyl (C=O) groups excluding carboxylic acids is 2. The summed E-state index contributed by atoms with van der Waals surface area (Å²) in [6.07, 6.45) is 3.84. The first-order chi connectivity index (χ1) is 9.33. The van der Waals surface area contributed by atoms with Gasteiger partial charge in [-0.3, -0.25) is 10.1 Å². The van der Waals surface area contributed by atoms with Gasteiger partial charge in [0.15, 0.2) is 5.78 Å². The lowest BCUT2D eigenvalue weighted by atomic mass is 9.53. The zero-order valence-corrected chi connectivity index (χ0v) is 11.6. The van der Waals surface area contributed by atoms with E-state index in [9.17, 15) is 14.8 Å². The Kier molecular flexibility index (Phi) is 2.72. The molecule has 0 bridgehead atoms. The molecule has 1 saturated carbocycles. The van der Waals surface area contributed by atoms with E-state index in [0.29, 0.717) is 18.4 Å². The molecule has 5 atom stereocenters. The number of hydrogen-bond acceptors (Lipinski definition) is 5. The summed E-state index contributed by atoms with van der Waals surface area (Å²) < 4.78 is 5.44. The van der Waals surface area contributed by atoms with Crippen molar-refractivity contribution in [2.24, 2.45) is 17.3 Å². The highest BCUT2D eigenvalue weighted by Crippen LogP contribution is 2.56. The van der Waals surface area contributed by atoms with Crippen LogP contribution in [-0.2, 0) is 19.2 Å². The van der Waals surface area contributed by atoms with Crippen LogP contribution >= 0.6 is 0 Å². The Morgan fingerprint density at radius 2 is 2.15 bits per heavy atom. The molecule has 5 heteroatoms. The third kappa shape index (κ3) is 1.50. The van der Waals surface area contributed by atoms with E-state index in [1.807, 2.05) is 6.92 Å². The number of fused-ring (bicyclic) bond motifs is 3. The lowest BCUT2D eigenvalue weighted by Gasteiger charge is -2.52. The predicted molar refractivity (Wildman–Crippen MR) is 69.6 cm³/mol. The first-order valence-electron chi connectivity index (χ1n) is 6.79. The van der Waals surface area contributed by atoms with Crippen LogP contribution in [-0.4, -0.2) is 28.7 Å². The van der Waals surface area contributed by atoms with E-state index in [1.54, 1.807) is 13.0 Å². The van der Waals surface area contributed by atoms with Crippen LogP contribution in [0, 0.1) is 17.3 Å². The third-order valence-electron chi connectivity index (χ3n) is 5.28. The monoisotopic (exact) mass is 278 g/mol. The zero-order chi connectivity index (χ0) is 14.7. The molecule has 1 N–H and O–H groups in total. The molecule has 0 radical (unpaired) electrons. The highest BCUT2D eigenvalue weighted by atomic mass is 17.1. The van der Waals surface area contributed by atoms with Gasteiger partial charge >= 0.3 is 5.97 Å². The largest absolute Gasteiger partial charge is 0.458 e. The molecule has 0 aromatic heterocycles. The summed E-state index contributed by atoms with van der Waals surface area (Å²) in [4.78, 5) is 28.8. The molecule has 3 rings (SSSR count). The van der Waals surface area contributed by atoms with Crippen molar-refractivity contribution in [3.63, 3.8) is 0 Å². The molecule has 2 aliphatic carbocycles. The number of ether oxygens (including phenoxy) is 1. The first kappa shape index (κ1) is 13.5. The maximum absolute atomic E-state index is 12.3. The number of carbonyl (C=O) groups is 2. The van der Waals surface area contributed by atoms with Crippen molar-refractivity contribution in [1.29, 1.82) is 0 Å². The molecule has 1 aliphatic heterocycles. The van der Waals surface area contributed by atoms with Crippen molar-refractivity contribution in [2.45, 2.75) is 38.4 Å². The quantitative estimate of drug-likeness (QED) is 0.343. The fraction of sp³-hybridized carbons (Fsp3) is 0.600. The van der Waals surface area contributed by atoms with Crippen LogP contribution in [0.3, 0.4) is 0 Å². The van der Waals surface area contributed by atoms with Gasteiger partial charge in [-0.2, -0.15) is 0 Å². The molecule has 1 heterocycles. The summed E-state index contributed by atoms with van der Waals surface area (Å²) in [7, 11) is 0. The van der Waals surface area contributed by atoms with Gasteiger partial charge in [-0.15, -0.1) is 0 Å². The second-order valence-electron chi connectivity index (χ2n) is 6.41. The highest BCUT2D eigenvalue weighted by molar-refractivity contribution is 5.97. The van der Waals surface area contributed by atoms with E-state index < -0.39 is 29.0 Å². The summed E-state index contributed by atoms with van der Waals surface area (Å²) >= 11 is 0. The molecule has 1 saturated heterocycles. The minimum Gasteiger partial charge on any atom is -0.458 e. The van der Waals surface area contributed by atoms with Crippen molar-refractivity contribution in [3.05, 3.63) is 24.3 Å². The van der Waals surface area contributed by atoms with Crippen LogP contribution in [0.4, 0.5) is 0 Å². The molecular formula is C15H18O5. The number of allylic oxidation sites excluding steroid dienone is 1. The Labute approximate surface area is 117 Å². The average molecular weight is 278 g/mol. The summed E-state index contributed by atoms with van der Waals surface area (Å²) in [5, 5.41) is 9.32. The second kappa shape index (κ2) is 4.02. The lowest BCUT2D eigenvalue weighted by Crippen LogP contribution is -2.59. The third-order valence-corrected chi connectivity index (χ3v) is 5.28. The Hall–Kier alpha value is -1.46. The minimum atomic E-state index is -1.04. The fourth-order valence-electron chi connectivity index (χ4n) is 4.10. The predicted octanol–water partition coefficient (Wildman–Crippen LogP) is 1.89. The van der Waals surface area contributed by atoms with Crippen LogP contribution in [0.1, 0.15) is 26.7 Å². The highest BCUT2D eigenvalue weighted by Gasteiger charge is 2.63. The van der Waals surface area contributed by atoms with Crippen LogP contribution < -0.4 is 0 Å². The van der Waals surface area contributed by atoms with Crippen molar-refractivity contribution in [1.82, 2.24) is 0 Å². The molecule has 20 heavy (non-hydrogen) atoms. The van der Waals surface area contributed by atoms with E-state index in [2.05, 4.69) is 11.5 Å². The SMILES string of the molecule is C=C1C(=O)O[C@H]2[C@H]1CC[C@@]1(C)C(=O)C=C[C@@](C)(OO)[C@H]21. The van der Waals surface area contributed by atoms with E-state index in [0.717, 1.165) is 0 Å². The van der Waals surface area contributed by atoms with Gasteiger partial charge in [-0.1, -0.05) is 13.5 Å². The summed E-state index contributed by atoms with van der Waals surface area (Å²) in [6, 6.07) is 0. The first-order valence-corrected chi connectivity index (χ1v) is 6.79. The number of esters is 1. The molecule has 0 amide bonds. The Morgan fingerprint density at radius 3 is 2.80 bits per heavy atom. The molecular weight excluding hydrogens is 260 g/mol. The number of ketones is 1. The van der Waals surface area contributed by atoms with Crippen LogP contribution in [0.25, 0.3) is 0 Å². The van der Waals surface area contributed by atoms with Crippen molar-refractivity contribution < 1.29 is 24.5 Å². The molecule has 108 valence electrons. The summed E-state index contributed by atoms with van der Waals surface area (Å²) in [5.41, 5.74) is -1.28. The van der Waals surface area contributed by atoms with Gasteiger partial charge in [0, 0.05) is 22.8 Å². The molecule has 2 fully saturated rings. The molecule has 5 nitrogen and oxygen atoms in total. The van der Waals surface area contributed by atoms with E-state index in [1.165, 1.54) is 6.08 Å². The fourth-order valence-corrected chi connectivity index (χ4v) is 4.10. The van der Waals surface area contributed by atoms with Gasteiger partial charge in [0.25, 0.3) is 0 Å². The average Bonchev–Trinajstić information content (AvgIpc) is 2.70. The van der Waals surface area contributed by atoms with Gasteiger partial charge in [0.2, 0.25) is 0 Å².